The van der Waals surface area contributed by atoms with Gasteiger partial charge in [0.2, 0.25) is 5.91 Å². The number of nitrogens with zero attached hydrogens (tertiary/aromatic N) is 3. The van der Waals surface area contributed by atoms with Crippen LogP contribution in [0.25, 0.3) is 0 Å². The van der Waals surface area contributed by atoms with Crippen LogP contribution < -0.4 is 10.2 Å². The van der Waals surface area contributed by atoms with Crippen molar-refractivity contribution < 1.29 is 23.9 Å². The van der Waals surface area contributed by atoms with Gasteiger partial charge in [-0.25, -0.2) is 4.79 Å². The van der Waals surface area contributed by atoms with Crippen LogP contribution in [0.5, 0.6) is 0 Å². The summed E-state index contributed by atoms with van der Waals surface area (Å²) in [5.41, 5.74) is -0.267. The van der Waals surface area contributed by atoms with E-state index < -0.39 is 35.2 Å². The molecule has 0 radical (unpaired) electrons. The van der Waals surface area contributed by atoms with Gasteiger partial charge in [0.15, 0.2) is 5.78 Å². The Labute approximate surface area is 260 Å². The second-order valence-electron chi connectivity index (χ2n) is 14.6. The Kier molecular flexibility index (Phi) is 8.62. The van der Waals surface area contributed by atoms with Crippen molar-refractivity contribution in [2.45, 2.75) is 128 Å². The Morgan fingerprint density at radius 3 is 2.25 bits per heavy atom. The van der Waals surface area contributed by atoms with Crippen LogP contribution in [0, 0.1) is 0 Å². The highest BCUT2D eigenvalue weighted by molar-refractivity contribution is 6.12. The Morgan fingerprint density at radius 2 is 1.68 bits per heavy atom. The number of benzene rings is 1. The molecule has 9 heteroatoms. The van der Waals surface area contributed by atoms with E-state index in [0.29, 0.717) is 24.1 Å². The molecule has 2 aliphatic heterocycles. The van der Waals surface area contributed by atoms with E-state index in [9.17, 15) is 14.4 Å². The summed E-state index contributed by atoms with van der Waals surface area (Å²) in [6, 6.07) is 9.40. The molecule has 3 heterocycles. The molecule has 44 heavy (non-hydrogen) atoms. The second kappa shape index (κ2) is 12.0. The van der Waals surface area contributed by atoms with Gasteiger partial charge in [0, 0.05) is 36.1 Å². The van der Waals surface area contributed by atoms with Gasteiger partial charge in [0.25, 0.3) is 5.91 Å². The number of amides is 3. The molecule has 5 rings (SSSR count). The van der Waals surface area contributed by atoms with E-state index in [2.05, 4.69) is 31.1 Å². The van der Waals surface area contributed by atoms with Gasteiger partial charge in [-0.15, -0.1) is 0 Å². The molecular formula is C35H46N4O5. The van der Waals surface area contributed by atoms with Crippen molar-refractivity contribution in [3.8, 4) is 0 Å². The fourth-order valence-corrected chi connectivity index (χ4v) is 6.92. The molecule has 2 aromatic rings. The molecule has 2 saturated heterocycles. The molecule has 1 N–H and O–H groups in total. The van der Waals surface area contributed by atoms with E-state index in [0.717, 1.165) is 37.7 Å². The molecule has 3 fully saturated rings. The first-order valence-corrected chi connectivity index (χ1v) is 15.9. The monoisotopic (exact) mass is 602 g/mol. The first-order valence-electron chi connectivity index (χ1n) is 15.9. The van der Waals surface area contributed by atoms with Crippen LogP contribution in [0.1, 0.15) is 110 Å². The van der Waals surface area contributed by atoms with Crippen LogP contribution in [0.2, 0.25) is 0 Å². The third kappa shape index (κ3) is 6.24. The van der Waals surface area contributed by atoms with Crippen molar-refractivity contribution in [2.24, 2.45) is 0 Å². The minimum atomic E-state index is -1.46. The number of Topliss-reactive ketones (excluding diaryl/α,β-unsaturated/α-hetero) is 1. The SMILES string of the molecule is CC(C)(C)OC(=O)N1C2CCC1(C(=O)N(c1ccc(C(C)(C)C)cc1)C(C(=O)NC1CCCCC1)c1cccnc1)CC2=O. The van der Waals surface area contributed by atoms with E-state index >= 15 is 4.79 Å². The lowest BCUT2D eigenvalue weighted by Gasteiger charge is -2.41. The molecule has 1 aromatic heterocycles. The van der Waals surface area contributed by atoms with Crippen molar-refractivity contribution in [1.29, 1.82) is 0 Å². The van der Waals surface area contributed by atoms with Crippen LogP contribution >= 0.6 is 0 Å². The standard InChI is InChI=1S/C35H46N4O5/c1-33(2,3)24-14-16-26(17-15-24)38(29(23-11-10-20-36-22-23)30(41)37-25-12-8-7-9-13-25)31(42)35-19-18-27(28(40)21-35)39(35)32(43)44-34(4,5)6/h10-11,14-17,20,22,25,27,29H,7-9,12-13,18-19,21H2,1-6H3,(H,37,41). The molecular weight excluding hydrogens is 556 g/mol. The van der Waals surface area contributed by atoms with Crippen molar-refractivity contribution in [1.82, 2.24) is 15.2 Å². The van der Waals surface area contributed by atoms with Crippen molar-refractivity contribution in [2.75, 3.05) is 4.90 Å². The molecule has 2 bridgehead atoms. The van der Waals surface area contributed by atoms with Crippen molar-refractivity contribution in [3.05, 3.63) is 59.9 Å². The molecule has 9 nitrogen and oxygen atoms in total. The Bertz CT molecular complexity index is 1390. The number of pyridine rings is 1. The number of carbonyl (C=O) groups excluding carboxylic acids is 4. The van der Waals surface area contributed by atoms with Crippen molar-refractivity contribution >= 4 is 29.4 Å². The molecule has 236 valence electrons. The van der Waals surface area contributed by atoms with Gasteiger partial charge in [0.05, 0.1) is 6.04 Å². The summed E-state index contributed by atoms with van der Waals surface area (Å²) in [7, 11) is 0. The highest BCUT2D eigenvalue weighted by Crippen LogP contribution is 2.48. The number of aromatic nitrogens is 1. The fraction of sp³-hybridized carbons (Fsp3) is 0.571. The molecule has 1 aliphatic carbocycles. The van der Waals surface area contributed by atoms with Gasteiger partial charge < -0.3 is 10.1 Å². The van der Waals surface area contributed by atoms with E-state index in [4.69, 9.17) is 4.74 Å². The van der Waals surface area contributed by atoms with Gasteiger partial charge in [0.1, 0.15) is 17.2 Å². The maximum Gasteiger partial charge on any atom is 0.411 e. The molecule has 1 saturated carbocycles. The summed E-state index contributed by atoms with van der Waals surface area (Å²) < 4.78 is 5.73. The van der Waals surface area contributed by atoms with E-state index in [1.54, 1.807) is 45.3 Å². The predicted molar refractivity (Wildman–Crippen MR) is 168 cm³/mol. The molecule has 1 aromatic carbocycles. The van der Waals surface area contributed by atoms with Crippen LogP contribution in [-0.2, 0) is 24.5 Å². The molecule has 3 atom stereocenters. The lowest BCUT2D eigenvalue weighted by molar-refractivity contribution is -0.132. The highest BCUT2D eigenvalue weighted by atomic mass is 16.6. The third-order valence-corrected chi connectivity index (χ3v) is 9.12. The fourth-order valence-electron chi connectivity index (χ4n) is 6.92. The number of fused-ring (bicyclic) bond motifs is 2. The highest BCUT2D eigenvalue weighted by Gasteiger charge is 2.65. The smallest absolute Gasteiger partial charge is 0.411 e. The molecule has 3 unspecified atom stereocenters. The van der Waals surface area contributed by atoms with Gasteiger partial charge >= 0.3 is 6.09 Å². The van der Waals surface area contributed by atoms with Crippen LogP contribution in [0.15, 0.2) is 48.8 Å². The van der Waals surface area contributed by atoms with Crippen LogP contribution in [0.3, 0.4) is 0 Å². The number of hydrogen-bond acceptors (Lipinski definition) is 6. The average Bonchev–Trinajstić information content (AvgIpc) is 3.49. The maximum atomic E-state index is 15.2. The second-order valence-corrected chi connectivity index (χ2v) is 14.6. The number of carbonyl (C=O) groups is 4. The van der Waals surface area contributed by atoms with Crippen LogP contribution in [-0.4, -0.2) is 56.8 Å². The normalized spacial score (nSPS) is 22.9. The van der Waals surface area contributed by atoms with Crippen molar-refractivity contribution in [3.63, 3.8) is 0 Å². The minimum absolute atomic E-state index is 0.0102. The summed E-state index contributed by atoms with van der Waals surface area (Å²) in [5.74, 6) is -0.937. The number of rotatable bonds is 6. The maximum absolute atomic E-state index is 15.2. The Hall–Kier alpha value is -3.75. The zero-order valence-corrected chi connectivity index (χ0v) is 26.9. The molecule has 0 spiro atoms. The van der Waals surface area contributed by atoms with E-state index in [-0.39, 0.29) is 29.6 Å². The summed E-state index contributed by atoms with van der Waals surface area (Å²) in [5, 5.41) is 3.23. The third-order valence-electron chi connectivity index (χ3n) is 9.12. The number of hydrogen-bond donors (Lipinski definition) is 1. The first-order chi connectivity index (χ1) is 20.7. The summed E-state index contributed by atoms with van der Waals surface area (Å²) in [4.78, 5) is 63.6. The predicted octanol–water partition coefficient (Wildman–Crippen LogP) is 6.01. The number of ketones is 1. The summed E-state index contributed by atoms with van der Waals surface area (Å²) in [6.45, 7) is 11.6. The average molecular weight is 603 g/mol. The largest absolute Gasteiger partial charge is 0.444 e. The topological polar surface area (TPSA) is 109 Å². The quantitative estimate of drug-likeness (QED) is 0.434. The summed E-state index contributed by atoms with van der Waals surface area (Å²) in [6.07, 6.45) is 8.09. The van der Waals surface area contributed by atoms with Gasteiger partial charge in [-0.3, -0.25) is 29.2 Å². The Balaban J connectivity index is 1.63. The minimum Gasteiger partial charge on any atom is -0.444 e. The number of nitrogens with one attached hydrogen (secondary N) is 1. The Morgan fingerprint density at radius 1 is 1.00 bits per heavy atom. The molecule has 3 aliphatic rings. The van der Waals surface area contributed by atoms with E-state index in [1.165, 1.54) is 9.80 Å². The lowest BCUT2D eigenvalue weighted by Crippen LogP contribution is -2.59. The number of ether oxygens (including phenoxy) is 1. The van der Waals surface area contributed by atoms with E-state index in [1.807, 2.05) is 24.3 Å². The zero-order valence-electron chi connectivity index (χ0n) is 26.9. The summed E-state index contributed by atoms with van der Waals surface area (Å²) >= 11 is 0. The lowest BCUT2D eigenvalue weighted by atomic mass is 9.84. The van der Waals surface area contributed by atoms with Gasteiger partial charge in [-0.1, -0.05) is 58.2 Å². The zero-order chi connectivity index (χ0) is 31.9. The number of anilines is 1. The van der Waals surface area contributed by atoms with Gasteiger partial charge in [-0.2, -0.15) is 0 Å². The molecule has 3 amide bonds. The van der Waals surface area contributed by atoms with Crippen LogP contribution in [0.4, 0.5) is 10.5 Å². The first kappa shape index (κ1) is 31.7. The van der Waals surface area contributed by atoms with Gasteiger partial charge in [-0.05, 0) is 75.6 Å².